The number of amides is 3. The lowest BCUT2D eigenvalue weighted by Crippen LogP contribution is -2.55. The molecule has 13 heteroatoms. The Kier molecular flexibility index (Phi) is 9.00. The number of carboxylic acid groups (broad SMARTS) is 2. The zero-order valence-electron chi connectivity index (χ0n) is 18.3. The predicted molar refractivity (Wildman–Crippen MR) is 125 cm³/mol. The van der Waals surface area contributed by atoms with Gasteiger partial charge in [-0.2, -0.15) is 0 Å². The molecule has 0 unspecified atom stereocenters. The molecule has 2 aromatic rings. The fourth-order valence-electron chi connectivity index (χ4n) is 3.01. The van der Waals surface area contributed by atoms with E-state index >= 15 is 0 Å². The molecule has 0 aromatic heterocycles. The molecule has 0 saturated heterocycles. The van der Waals surface area contributed by atoms with Crippen molar-refractivity contribution in [3.63, 3.8) is 0 Å². The van der Waals surface area contributed by atoms with E-state index < -0.39 is 48.2 Å². The van der Waals surface area contributed by atoms with Gasteiger partial charge in [0.05, 0.1) is 19.0 Å². The highest BCUT2D eigenvalue weighted by Gasteiger charge is 2.39. The summed E-state index contributed by atoms with van der Waals surface area (Å²) in [6.07, 6.45) is -0.769. The van der Waals surface area contributed by atoms with Gasteiger partial charge < -0.3 is 32.3 Å². The van der Waals surface area contributed by atoms with Gasteiger partial charge in [-0.25, -0.2) is 9.59 Å². The minimum absolute atomic E-state index is 0.0412. The fraction of sp³-hybridized carbons (Fsp3) is 0.182. The SMILES string of the molecule is N=C(N)CNC(=O)Nc1ccc(C(=O)[C@@H](C(=O)O)N(C(=O)[C@@H](N)CC(=O)O)c2ccccc2)cc1. The number of urea groups is 1. The van der Waals surface area contributed by atoms with Crippen LogP contribution in [0.4, 0.5) is 16.2 Å². The van der Waals surface area contributed by atoms with Gasteiger partial charge in [-0.3, -0.25) is 24.7 Å². The number of Topliss-reactive ketones (excluding diaryl/α,β-unsaturated/α-hetero) is 1. The molecule has 2 aromatic carbocycles. The monoisotopic (exact) mass is 484 g/mol. The van der Waals surface area contributed by atoms with Crippen molar-refractivity contribution < 1.29 is 34.2 Å². The Bertz CT molecular complexity index is 1120. The normalized spacial score (nSPS) is 12.0. The van der Waals surface area contributed by atoms with E-state index in [1.54, 1.807) is 6.07 Å². The molecular weight excluding hydrogens is 460 g/mol. The smallest absolute Gasteiger partial charge is 0.335 e. The van der Waals surface area contributed by atoms with Gasteiger partial charge in [0.2, 0.25) is 5.91 Å². The van der Waals surface area contributed by atoms with Crippen molar-refractivity contribution in [1.82, 2.24) is 5.32 Å². The third-order valence-electron chi connectivity index (χ3n) is 4.59. The number of aliphatic carboxylic acids is 2. The number of carbonyl (C=O) groups is 5. The van der Waals surface area contributed by atoms with Crippen molar-refractivity contribution in [2.75, 3.05) is 16.8 Å². The molecule has 0 fully saturated rings. The van der Waals surface area contributed by atoms with Crippen molar-refractivity contribution in [3.05, 3.63) is 60.2 Å². The molecule has 0 heterocycles. The largest absolute Gasteiger partial charge is 0.481 e. The second-order valence-corrected chi connectivity index (χ2v) is 7.26. The number of rotatable bonds is 11. The number of ketones is 1. The summed E-state index contributed by atoms with van der Waals surface area (Å²) in [7, 11) is 0. The van der Waals surface area contributed by atoms with E-state index in [1.807, 2.05) is 0 Å². The Hall–Kier alpha value is -4.78. The van der Waals surface area contributed by atoms with Gasteiger partial charge in [0.15, 0.2) is 11.8 Å². The van der Waals surface area contributed by atoms with Crippen molar-refractivity contribution in [2.45, 2.75) is 18.5 Å². The molecule has 0 aliphatic carbocycles. The fourth-order valence-corrected chi connectivity index (χ4v) is 3.01. The van der Waals surface area contributed by atoms with Gasteiger partial charge in [0.1, 0.15) is 5.84 Å². The zero-order chi connectivity index (χ0) is 26.1. The molecule has 2 atom stereocenters. The standard InChI is InChI=1S/C22H24N6O7/c23-15(10-17(29)30)20(32)28(14-4-2-1-3-5-14)18(21(33)34)19(31)12-6-8-13(9-7-12)27-22(35)26-11-16(24)25/h1-9,15,18H,10-11,23H2,(H3,24,25)(H,29,30)(H,33,34)(H2,26,27,35)/t15-,18-/m0/s1. The van der Waals surface area contributed by atoms with Crippen molar-refractivity contribution in [2.24, 2.45) is 11.5 Å². The summed E-state index contributed by atoms with van der Waals surface area (Å²) in [4.78, 5) is 61.8. The highest BCUT2D eigenvalue weighted by molar-refractivity contribution is 6.19. The van der Waals surface area contributed by atoms with Crippen molar-refractivity contribution in [3.8, 4) is 0 Å². The Morgan fingerprint density at radius 1 is 0.971 bits per heavy atom. The van der Waals surface area contributed by atoms with Gasteiger partial charge in [-0.05, 0) is 36.4 Å². The van der Waals surface area contributed by atoms with E-state index in [9.17, 15) is 29.1 Å². The van der Waals surface area contributed by atoms with Crippen LogP contribution < -0.4 is 27.0 Å². The zero-order valence-corrected chi connectivity index (χ0v) is 18.3. The Labute approximate surface area is 199 Å². The van der Waals surface area contributed by atoms with E-state index in [0.29, 0.717) is 4.90 Å². The lowest BCUT2D eigenvalue weighted by Gasteiger charge is -2.30. The number of hydrogen-bond donors (Lipinski definition) is 7. The number of benzene rings is 2. The Morgan fingerprint density at radius 3 is 2.09 bits per heavy atom. The molecule has 0 saturated carbocycles. The van der Waals surface area contributed by atoms with Crippen LogP contribution >= 0.6 is 0 Å². The first-order chi connectivity index (χ1) is 16.5. The Balaban J connectivity index is 2.35. The molecule has 0 aliphatic rings. The maximum Gasteiger partial charge on any atom is 0.335 e. The second kappa shape index (κ2) is 11.9. The second-order valence-electron chi connectivity index (χ2n) is 7.26. The number of nitrogens with two attached hydrogens (primary N) is 2. The van der Waals surface area contributed by atoms with Gasteiger partial charge in [-0.1, -0.05) is 18.2 Å². The first-order valence-electron chi connectivity index (χ1n) is 10.1. The van der Waals surface area contributed by atoms with Crippen LogP contribution in [0.3, 0.4) is 0 Å². The lowest BCUT2D eigenvalue weighted by molar-refractivity contribution is -0.140. The van der Waals surface area contributed by atoms with E-state index in [0.717, 1.165) is 0 Å². The molecule has 184 valence electrons. The number of carbonyl (C=O) groups excluding carboxylic acids is 3. The summed E-state index contributed by atoms with van der Waals surface area (Å²) in [6, 6.07) is 8.31. The van der Waals surface area contributed by atoms with E-state index in [2.05, 4.69) is 10.6 Å². The number of para-hydroxylation sites is 1. The summed E-state index contributed by atoms with van der Waals surface area (Å²) < 4.78 is 0. The summed E-state index contributed by atoms with van der Waals surface area (Å²) in [5.74, 6) is -5.29. The molecule has 0 aliphatic heterocycles. The lowest BCUT2D eigenvalue weighted by atomic mass is 10.00. The van der Waals surface area contributed by atoms with Crippen LogP contribution in [-0.2, 0) is 14.4 Å². The number of carboxylic acids is 2. The number of nitrogens with one attached hydrogen (secondary N) is 3. The molecular formula is C22H24N6O7. The molecule has 0 radical (unpaired) electrons. The molecule has 35 heavy (non-hydrogen) atoms. The first kappa shape index (κ1) is 26.5. The van der Waals surface area contributed by atoms with E-state index in [1.165, 1.54) is 48.5 Å². The third kappa shape index (κ3) is 7.36. The maximum atomic E-state index is 13.2. The van der Waals surface area contributed by atoms with Crippen LogP contribution in [0.15, 0.2) is 54.6 Å². The minimum atomic E-state index is -2.04. The molecule has 3 amide bonds. The molecule has 9 N–H and O–H groups in total. The summed E-state index contributed by atoms with van der Waals surface area (Å²) >= 11 is 0. The maximum absolute atomic E-state index is 13.2. The van der Waals surface area contributed by atoms with Gasteiger partial charge in [0, 0.05) is 16.9 Å². The summed E-state index contributed by atoms with van der Waals surface area (Å²) in [5.41, 5.74) is 11.1. The summed E-state index contributed by atoms with van der Waals surface area (Å²) in [5, 5.41) is 30.7. The molecule has 0 spiro atoms. The summed E-state index contributed by atoms with van der Waals surface area (Å²) in [6.45, 7) is -0.171. The quantitative estimate of drug-likeness (QED) is 0.0999. The van der Waals surface area contributed by atoms with Gasteiger partial charge in [0.25, 0.3) is 0 Å². The van der Waals surface area contributed by atoms with Crippen LogP contribution in [0.2, 0.25) is 0 Å². The Morgan fingerprint density at radius 2 is 1.57 bits per heavy atom. The topological polar surface area (TPSA) is 229 Å². The van der Waals surface area contributed by atoms with Crippen LogP contribution in [0.25, 0.3) is 0 Å². The van der Waals surface area contributed by atoms with E-state index in [4.69, 9.17) is 22.0 Å². The number of anilines is 2. The average molecular weight is 484 g/mol. The first-order valence-corrected chi connectivity index (χ1v) is 10.1. The molecule has 13 nitrogen and oxygen atoms in total. The number of nitrogens with zero attached hydrogens (tertiary/aromatic N) is 1. The number of amidine groups is 1. The van der Waals surface area contributed by atoms with Crippen LogP contribution in [0.1, 0.15) is 16.8 Å². The highest BCUT2D eigenvalue weighted by Crippen LogP contribution is 2.22. The minimum Gasteiger partial charge on any atom is -0.481 e. The van der Waals surface area contributed by atoms with Crippen LogP contribution in [-0.4, -0.2) is 64.3 Å². The van der Waals surface area contributed by atoms with Crippen LogP contribution in [0.5, 0.6) is 0 Å². The van der Waals surface area contributed by atoms with Gasteiger partial charge >= 0.3 is 18.0 Å². The van der Waals surface area contributed by atoms with E-state index in [-0.39, 0.29) is 29.3 Å². The molecule has 2 rings (SSSR count). The van der Waals surface area contributed by atoms with Crippen LogP contribution in [0, 0.1) is 5.41 Å². The highest BCUT2D eigenvalue weighted by atomic mass is 16.4. The van der Waals surface area contributed by atoms with Crippen molar-refractivity contribution >= 4 is 46.9 Å². The van der Waals surface area contributed by atoms with Crippen molar-refractivity contribution in [1.29, 1.82) is 5.41 Å². The predicted octanol–water partition coefficient (Wildman–Crippen LogP) is 0.215. The average Bonchev–Trinajstić information content (AvgIpc) is 2.80. The van der Waals surface area contributed by atoms with Gasteiger partial charge in [-0.15, -0.1) is 0 Å². The number of hydrogen-bond acceptors (Lipinski definition) is 7. The molecule has 0 bridgehead atoms. The third-order valence-corrected chi connectivity index (χ3v) is 4.59.